The maximum Gasteiger partial charge on any atom is 0.276 e. The average molecular weight is 270 g/mol. The summed E-state index contributed by atoms with van der Waals surface area (Å²) in [5, 5.41) is 2.09. The number of hydrazine groups is 1. The molecule has 2 aromatic rings. The van der Waals surface area contributed by atoms with E-state index in [0.717, 1.165) is 17.2 Å². The fourth-order valence-electron chi connectivity index (χ4n) is 1.80. The molecule has 104 valence electrons. The minimum absolute atomic E-state index is 0.0268. The summed E-state index contributed by atoms with van der Waals surface area (Å²) in [4.78, 5) is 11.6. The molecule has 4 nitrogen and oxygen atoms in total. The summed E-state index contributed by atoms with van der Waals surface area (Å²) >= 11 is 0. The predicted octanol–water partition coefficient (Wildman–Crippen LogP) is 2.76. The van der Waals surface area contributed by atoms with E-state index in [4.69, 9.17) is 4.74 Å². The number of carbonyl (C=O) groups excluding carboxylic acids is 1. The first-order valence-electron chi connectivity index (χ1n) is 6.61. The first-order chi connectivity index (χ1) is 9.81. The third-order valence-corrected chi connectivity index (χ3v) is 2.76. The molecule has 0 aromatic heterocycles. The lowest BCUT2D eigenvalue weighted by atomic mass is 10.1. The summed E-state index contributed by atoms with van der Waals surface area (Å²) in [5.41, 5.74) is 5.23. The highest BCUT2D eigenvalue weighted by molar-refractivity contribution is 5.88. The van der Waals surface area contributed by atoms with Crippen LogP contribution in [0.15, 0.2) is 54.7 Å². The third kappa shape index (κ3) is 3.75. The van der Waals surface area contributed by atoms with Crippen LogP contribution in [0, 0.1) is 0 Å². The Bertz CT molecular complexity index is 603. The Hall–Kier alpha value is -2.49. The minimum Gasteiger partial charge on any atom is -0.483 e. The maximum atomic E-state index is 11.6. The van der Waals surface area contributed by atoms with E-state index in [9.17, 15) is 4.79 Å². The van der Waals surface area contributed by atoms with Gasteiger partial charge in [-0.05, 0) is 17.9 Å². The van der Waals surface area contributed by atoms with Gasteiger partial charge in [-0.3, -0.25) is 10.2 Å². The lowest BCUT2D eigenvalue weighted by Gasteiger charge is -2.09. The maximum absolute atomic E-state index is 11.6. The van der Waals surface area contributed by atoms with E-state index in [1.807, 2.05) is 55.5 Å². The van der Waals surface area contributed by atoms with Crippen molar-refractivity contribution in [2.75, 3.05) is 6.61 Å². The second-order valence-corrected chi connectivity index (χ2v) is 4.27. The van der Waals surface area contributed by atoms with Crippen LogP contribution in [0.5, 0.6) is 5.75 Å². The van der Waals surface area contributed by atoms with Crippen molar-refractivity contribution in [1.29, 1.82) is 0 Å². The Morgan fingerprint density at radius 1 is 1.20 bits per heavy atom. The quantitative estimate of drug-likeness (QED) is 0.794. The molecule has 2 aromatic carbocycles. The van der Waals surface area contributed by atoms with Gasteiger partial charge in [0.25, 0.3) is 5.91 Å². The molecular formula is C16H18N2O2. The molecule has 0 unspecified atom stereocenters. The number of amides is 1. The van der Waals surface area contributed by atoms with Crippen LogP contribution in [0.2, 0.25) is 0 Å². The van der Waals surface area contributed by atoms with Crippen molar-refractivity contribution in [3.63, 3.8) is 0 Å². The highest BCUT2D eigenvalue weighted by Gasteiger charge is 2.04. The molecule has 0 radical (unpaired) electrons. The molecule has 2 rings (SSSR count). The molecule has 0 aliphatic heterocycles. The first kappa shape index (κ1) is 13.9. The largest absolute Gasteiger partial charge is 0.483 e. The number of allylic oxidation sites excluding steroid dienone is 1. The fourth-order valence-corrected chi connectivity index (χ4v) is 1.80. The van der Waals surface area contributed by atoms with Gasteiger partial charge in [-0.2, -0.15) is 0 Å². The van der Waals surface area contributed by atoms with Crippen LogP contribution in [0.25, 0.3) is 10.8 Å². The van der Waals surface area contributed by atoms with E-state index >= 15 is 0 Å². The molecule has 0 aliphatic rings. The topological polar surface area (TPSA) is 50.4 Å². The fraction of sp³-hybridized carbons (Fsp3) is 0.188. The zero-order valence-electron chi connectivity index (χ0n) is 11.4. The van der Waals surface area contributed by atoms with E-state index in [0.29, 0.717) is 5.75 Å². The average Bonchev–Trinajstić information content (AvgIpc) is 2.49. The van der Waals surface area contributed by atoms with E-state index in [2.05, 4.69) is 10.9 Å². The summed E-state index contributed by atoms with van der Waals surface area (Å²) < 4.78 is 5.56. The van der Waals surface area contributed by atoms with Gasteiger partial charge >= 0.3 is 0 Å². The minimum atomic E-state index is -0.223. The molecular weight excluding hydrogens is 252 g/mol. The number of fused-ring (bicyclic) bond motifs is 1. The van der Waals surface area contributed by atoms with E-state index in [1.165, 1.54) is 0 Å². The van der Waals surface area contributed by atoms with Crippen molar-refractivity contribution < 1.29 is 9.53 Å². The van der Waals surface area contributed by atoms with Crippen LogP contribution in [0.4, 0.5) is 0 Å². The van der Waals surface area contributed by atoms with Gasteiger partial charge in [-0.15, -0.1) is 0 Å². The van der Waals surface area contributed by atoms with Crippen molar-refractivity contribution in [3.8, 4) is 5.75 Å². The Morgan fingerprint density at radius 2 is 2.00 bits per heavy atom. The van der Waals surface area contributed by atoms with Crippen molar-refractivity contribution in [2.24, 2.45) is 0 Å². The molecule has 0 saturated heterocycles. The number of nitrogens with one attached hydrogen (secondary N) is 2. The smallest absolute Gasteiger partial charge is 0.276 e. The van der Waals surface area contributed by atoms with Gasteiger partial charge in [0, 0.05) is 11.6 Å². The van der Waals surface area contributed by atoms with Crippen LogP contribution in [0.3, 0.4) is 0 Å². The first-order valence-corrected chi connectivity index (χ1v) is 6.61. The lowest BCUT2D eigenvalue weighted by Crippen LogP contribution is -2.37. The van der Waals surface area contributed by atoms with Gasteiger partial charge in [0.1, 0.15) is 5.75 Å². The lowest BCUT2D eigenvalue weighted by molar-refractivity contribution is -0.123. The number of hydrogen-bond acceptors (Lipinski definition) is 3. The van der Waals surface area contributed by atoms with Gasteiger partial charge in [-0.1, -0.05) is 49.4 Å². The molecule has 4 heteroatoms. The summed E-state index contributed by atoms with van der Waals surface area (Å²) in [7, 11) is 0. The second-order valence-electron chi connectivity index (χ2n) is 4.27. The summed E-state index contributed by atoms with van der Waals surface area (Å²) in [5.74, 6) is 0.487. The summed E-state index contributed by atoms with van der Waals surface area (Å²) in [6, 6.07) is 13.7. The van der Waals surface area contributed by atoms with Crippen LogP contribution in [-0.2, 0) is 4.79 Å². The van der Waals surface area contributed by atoms with Crippen molar-refractivity contribution in [2.45, 2.75) is 13.3 Å². The number of hydrogen-bond donors (Lipinski definition) is 2. The zero-order valence-corrected chi connectivity index (χ0v) is 11.4. The number of benzene rings is 2. The number of ether oxygens (including phenoxy) is 1. The van der Waals surface area contributed by atoms with E-state index in [1.54, 1.807) is 6.20 Å². The Balaban J connectivity index is 1.92. The molecule has 0 bridgehead atoms. The molecule has 0 saturated carbocycles. The van der Waals surface area contributed by atoms with E-state index < -0.39 is 0 Å². The van der Waals surface area contributed by atoms with Crippen molar-refractivity contribution >= 4 is 16.7 Å². The van der Waals surface area contributed by atoms with Crippen LogP contribution >= 0.6 is 0 Å². The SMILES string of the molecule is CC/C=C\NNC(=O)COc1cccc2ccccc12. The Labute approximate surface area is 118 Å². The molecule has 0 atom stereocenters. The summed E-state index contributed by atoms with van der Waals surface area (Å²) in [6.07, 6.45) is 4.51. The van der Waals surface area contributed by atoms with Crippen LogP contribution in [0.1, 0.15) is 13.3 Å². The van der Waals surface area contributed by atoms with Gasteiger partial charge in [-0.25, -0.2) is 0 Å². The Morgan fingerprint density at radius 3 is 2.85 bits per heavy atom. The van der Waals surface area contributed by atoms with Gasteiger partial charge in [0.15, 0.2) is 6.61 Å². The van der Waals surface area contributed by atoms with Gasteiger partial charge < -0.3 is 10.2 Å². The molecule has 0 fully saturated rings. The highest BCUT2D eigenvalue weighted by atomic mass is 16.5. The molecule has 0 heterocycles. The number of carbonyl (C=O) groups is 1. The second kappa shape index (κ2) is 7.19. The van der Waals surface area contributed by atoms with E-state index in [-0.39, 0.29) is 12.5 Å². The van der Waals surface area contributed by atoms with Crippen LogP contribution < -0.4 is 15.6 Å². The monoisotopic (exact) mass is 270 g/mol. The zero-order chi connectivity index (χ0) is 14.2. The molecule has 0 spiro atoms. The standard InChI is InChI=1S/C16H18N2O2/c1-2-3-11-17-18-16(19)12-20-15-10-6-8-13-7-4-5-9-14(13)15/h3-11,17H,2,12H2,1H3,(H,18,19)/b11-3-. The Kier molecular flexibility index (Phi) is 5.00. The molecule has 0 aliphatic carbocycles. The molecule has 2 N–H and O–H groups in total. The third-order valence-electron chi connectivity index (χ3n) is 2.76. The van der Waals surface area contributed by atoms with Crippen LogP contribution in [-0.4, -0.2) is 12.5 Å². The normalized spacial score (nSPS) is 10.7. The molecule has 20 heavy (non-hydrogen) atoms. The van der Waals surface area contributed by atoms with Crippen molar-refractivity contribution in [3.05, 3.63) is 54.7 Å². The predicted molar refractivity (Wildman–Crippen MR) is 80.2 cm³/mol. The summed E-state index contributed by atoms with van der Waals surface area (Å²) in [6.45, 7) is 1.99. The highest BCUT2D eigenvalue weighted by Crippen LogP contribution is 2.24. The van der Waals surface area contributed by atoms with Gasteiger partial charge in [0.05, 0.1) is 0 Å². The van der Waals surface area contributed by atoms with Gasteiger partial charge in [0.2, 0.25) is 0 Å². The molecule has 1 amide bonds. The van der Waals surface area contributed by atoms with Crippen molar-refractivity contribution in [1.82, 2.24) is 10.9 Å². The number of rotatable bonds is 6.